The van der Waals surface area contributed by atoms with Crippen molar-refractivity contribution >= 4 is 27.3 Å². The molecule has 4 heteroatoms. The number of halogens is 1. The van der Waals surface area contributed by atoms with Crippen LogP contribution in [0.5, 0.6) is 0 Å². The highest BCUT2D eigenvalue weighted by atomic mass is 79.9. The van der Waals surface area contributed by atoms with Crippen LogP contribution in [0, 0.1) is 0 Å². The van der Waals surface area contributed by atoms with Gasteiger partial charge in [0.1, 0.15) is 0 Å². The monoisotopic (exact) mass is 302 g/mol. The second kappa shape index (κ2) is 5.63. The van der Waals surface area contributed by atoms with Gasteiger partial charge in [-0.25, -0.2) is 0 Å². The van der Waals surface area contributed by atoms with Crippen molar-refractivity contribution in [2.45, 2.75) is 50.7 Å². The van der Waals surface area contributed by atoms with Crippen LogP contribution >= 0.6 is 27.3 Å². The van der Waals surface area contributed by atoms with Gasteiger partial charge >= 0.3 is 0 Å². The topological polar surface area (TPSA) is 38.0 Å². The van der Waals surface area contributed by atoms with Gasteiger partial charge in [-0.2, -0.15) is 0 Å². The van der Waals surface area contributed by atoms with Gasteiger partial charge in [-0.3, -0.25) is 0 Å². The molecule has 0 amide bonds. The lowest BCUT2D eigenvalue weighted by Crippen LogP contribution is -2.38. The summed E-state index contributed by atoms with van der Waals surface area (Å²) in [5, 5.41) is 5.85. The van der Waals surface area contributed by atoms with E-state index in [4.69, 9.17) is 5.73 Å². The third kappa shape index (κ3) is 3.29. The molecule has 0 aliphatic heterocycles. The van der Waals surface area contributed by atoms with Gasteiger partial charge in [-0.05, 0) is 54.6 Å². The predicted molar refractivity (Wildman–Crippen MR) is 73.8 cm³/mol. The largest absolute Gasteiger partial charge is 0.328 e. The molecule has 1 aliphatic carbocycles. The van der Waals surface area contributed by atoms with Crippen molar-refractivity contribution in [2.24, 2.45) is 5.73 Å². The summed E-state index contributed by atoms with van der Waals surface area (Å²) in [5.74, 6) is 0. The molecule has 0 saturated heterocycles. The fourth-order valence-electron chi connectivity index (χ4n) is 2.28. The van der Waals surface area contributed by atoms with E-state index in [1.807, 2.05) is 11.3 Å². The third-order valence-electron chi connectivity index (χ3n) is 3.27. The second-order valence-corrected chi connectivity index (χ2v) is 6.53. The Morgan fingerprint density at radius 1 is 1.44 bits per heavy atom. The highest BCUT2D eigenvalue weighted by molar-refractivity contribution is 9.10. The van der Waals surface area contributed by atoms with Gasteiger partial charge in [0.05, 0.1) is 0 Å². The van der Waals surface area contributed by atoms with E-state index in [0.717, 1.165) is 0 Å². The van der Waals surface area contributed by atoms with E-state index in [0.29, 0.717) is 18.1 Å². The molecule has 1 heterocycles. The van der Waals surface area contributed by atoms with E-state index in [2.05, 4.69) is 39.6 Å². The Balaban J connectivity index is 1.85. The van der Waals surface area contributed by atoms with Crippen LogP contribution in [0.1, 0.15) is 43.5 Å². The lowest BCUT2D eigenvalue weighted by Gasteiger charge is -2.29. The maximum atomic E-state index is 5.91. The Labute approximate surface area is 110 Å². The van der Waals surface area contributed by atoms with Crippen molar-refractivity contribution in [3.8, 4) is 0 Å². The highest BCUT2D eigenvalue weighted by Crippen LogP contribution is 2.27. The summed E-state index contributed by atoms with van der Waals surface area (Å²) in [6.07, 6.45) is 4.77. The van der Waals surface area contributed by atoms with Crippen LogP contribution < -0.4 is 11.1 Å². The van der Waals surface area contributed by atoms with E-state index < -0.39 is 0 Å². The summed E-state index contributed by atoms with van der Waals surface area (Å²) in [6.45, 7) is 2.24. The van der Waals surface area contributed by atoms with Crippen molar-refractivity contribution in [1.29, 1.82) is 0 Å². The summed E-state index contributed by atoms with van der Waals surface area (Å²) in [6, 6.07) is 3.74. The molecule has 3 N–H and O–H groups in total. The van der Waals surface area contributed by atoms with Crippen LogP contribution in [0.2, 0.25) is 0 Å². The first-order valence-electron chi connectivity index (χ1n) is 5.90. The van der Waals surface area contributed by atoms with E-state index in [1.165, 1.54) is 35.0 Å². The van der Waals surface area contributed by atoms with Gasteiger partial charge in [-0.15, -0.1) is 11.3 Å². The van der Waals surface area contributed by atoms with Crippen LogP contribution in [0.25, 0.3) is 0 Å². The molecule has 0 aromatic carbocycles. The van der Waals surface area contributed by atoms with Gasteiger partial charge in [0.15, 0.2) is 0 Å². The molecule has 0 bridgehead atoms. The van der Waals surface area contributed by atoms with Crippen molar-refractivity contribution in [3.63, 3.8) is 0 Å². The molecule has 90 valence electrons. The van der Waals surface area contributed by atoms with Gasteiger partial charge in [-0.1, -0.05) is 0 Å². The van der Waals surface area contributed by atoms with Crippen LogP contribution in [0.3, 0.4) is 0 Å². The first-order chi connectivity index (χ1) is 7.65. The Morgan fingerprint density at radius 2 is 2.12 bits per heavy atom. The van der Waals surface area contributed by atoms with Crippen molar-refractivity contribution in [1.82, 2.24) is 5.32 Å². The first kappa shape index (κ1) is 12.6. The minimum absolute atomic E-state index is 0.434. The molecule has 1 atom stereocenters. The lowest BCUT2D eigenvalue weighted by molar-refractivity contribution is 0.323. The van der Waals surface area contributed by atoms with Crippen molar-refractivity contribution in [2.75, 3.05) is 0 Å². The van der Waals surface area contributed by atoms with E-state index in [-0.39, 0.29) is 0 Å². The molecule has 16 heavy (non-hydrogen) atoms. The number of rotatable bonds is 3. The smallest absolute Gasteiger partial charge is 0.0388 e. The van der Waals surface area contributed by atoms with Gasteiger partial charge in [0.2, 0.25) is 0 Å². The van der Waals surface area contributed by atoms with Crippen LogP contribution in [-0.4, -0.2) is 12.1 Å². The normalized spacial score (nSPS) is 27.9. The number of nitrogens with one attached hydrogen (secondary N) is 1. The van der Waals surface area contributed by atoms with Crippen molar-refractivity contribution in [3.05, 3.63) is 20.8 Å². The molecule has 1 aromatic rings. The zero-order valence-corrected chi connectivity index (χ0v) is 12.0. The van der Waals surface area contributed by atoms with E-state index in [1.54, 1.807) is 0 Å². The van der Waals surface area contributed by atoms with Crippen molar-refractivity contribution < 1.29 is 0 Å². The summed E-state index contributed by atoms with van der Waals surface area (Å²) in [4.78, 5) is 1.40. The number of thiophene rings is 1. The molecule has 1 saturated carbocycles. The van der Waals surface area contributed by atoms with Crippen LogP contribution in [0.15, 0.2) is 15.9 Å². The van der Waals surface area contributed by atoms with Crippen LogP contribution in [-0.2, 0) is 0 Å². The molecule has 1 unspecified atom stereocenters. The molecule has 2 rings (SSSR count). The third-order valence-corrected chi connectivity index (χ3v) is 5.15. The molecule has 1 aliphatic rings. The molecule has 2 nitrogen and oxygen atoms in total. The quantitative estimate of drug-likeness (QED) is 0.898. The minimum atomic E-state index is 0.434. The summed E-state index contributed by atoms with van der Waals surface area (Å²) in [5.41, 5.74) is 5.91. The van der Waals surface area contributed by atoms with Gasteiger partial charge < -0.3 is 11.1 Å². The Hall–Kier alpha value is 0.1000. The van der Waals surface area contributed by atoms with Gasteiger partial charge in [0.25, 0.3) is 0 Å². The molecular weight excluding hydrogens is 284 g/mol. The van der Waals surface area contributed by atoms with Crippen LogP contribution in [0.4, 0.5) is 0 Å². The average Bonchev–Trinajstić information content (AvgIpc) is 2.68. The maximum Gasteiger partial charge on any atom is 0.0388 e. The molecule has 1 fully saturated rings. The zero-order valence-electron chi connectivity index (χ0n) is 9.58. The van der Waals surface area contributed by atoms with E-state index >= 15 is 0 Å². The standard InChI is InChI=1S/C12H19BrN2S/c1-8(12-6-9(13)7-16-12)15-11-4-2-10(14)3-5-11/h6-8,10-11,15H,2-5,14H2,1H3. The number of hydrogen-bond donors (Lipinski definition) is 2. The zero-order chi connectivity index (χ0) is 11.5. The molecule has 1 aromatic heterocycles. The second-order valence-electron chi connectivity index (χ2n) is 4.67. The summed E-state index contributed by atoms with van der Waals surface area (Å²) >= 11 is 5.31. The molecule has 0 radical (unpaired) electrons. The maximum absolute atomic E-state index is 5.91. The predicted octanol–water partition coefficient (Wildman–Crippen LogP) is 3.43. The Morgan fingerprint density at radius 3 is 2.69 bits per heavy atom. The first-order valence-corrected chi connectivity index (χ1v) is 7.58. The lowest BCUT2D eigenvalue weighted by atomic mass is 9.91. The SMILES string of the molecule is CC(NC1CCC(N)CC1)c1cc(Br)cs1. The highest BCUT2D eigenvalue weighted by Gasteiger charge is 2.20. The minimum Gasteiger partial charge on any atom is -0.328 e. The van der Waals surface area contributed by atoms with E-state index in [9.17, 15) is 0 Å². The number of nitrogens with two attached hydrogens (primary N) is 1. The summed E-state index contributed by atoms with van der Waals surface area (Å²) < 4.78 is 1.19. The molecule has 0 spiro atoms. The van der Waals surface area contributed by atoms with Gasteiger partial charge in [0, 0.05) is 32.9 Å². The Bertz CT molecular complexity index is 332. The number of hydrogen-bond acceptors (Lipinski definition) is 3. The fourth-order valence-corrected chi connectivity index (χ4v) is 3.74. The Kier molecular flexibility index (Phi) is 4.41. The molecular formula is C12H19BrN2S. The average molecular weight is 303 g/mol. The summed E-state index contributed by atoms with van der Waals surface area (Å²) in [7, 11) is 0. The fraction of sp³-hybridized carbons (Fsp3) is 0.667.